The van der Waals surface area contributed by atoms with Crippen LogP contribution in [0.4, 0.5) is 0 Å². The number of benzene rings is 1. The Morgan fingerprint density at radius 1 is 1.33 bits per heavy atom. The molecule has 0 aliphatic rings. The Bertz CT molecular complexity index is 268. The van der Waals surface area contributed by atoms with E-state index in [1.54, 1.807) is 0 Å². The summed E-state index contributed by atoms with van der Waals surface area (Å²) in [5.74, 6) is 0.895. The minimum atomic E-state index is 0.578. The molecule has 1 heteroatoms. The lowest BCUT2D eigenvalue weighted by molar-refractivity contribution is 0.363. The van der Waals surface area contributed by atoms with Crippen molar-refractivity contribution >= 4 is 0 Å². The quantitative estimate of drug-likeness (QED) is 0.618. The number of rotatable bonds is 3. The SMILES string of the molecule is CC=C=CCOc1ccccc1. The molecule has 1 aromatic carbocycles. The largest absolute Gasteiger partial charge is 0.489 e. The molecule has 0 aliphatic carbocycles. The highest BCUT2D eigenvalue weighted by atomic mass is 16.5. The van der Waals surface area contributed by atoms with Gasteiger partial charge >= 0.3 is 0 Å². The fourth-order valence-electron chi connectivity index (χ4n) is 0.821. The molecule has 0 saturated heterocycles. The van der Waals surface area contributed by atoms with Gasteiger partial charge in [-0.25, -0.2) is 0 Å². The van der Waals surface area contributed by atoms with E-state index in [1.807, 2.05) is 49.4 Å². The lowest BCUT2D eigenvalue weighted by atomic mass is 10.3. The summed E-state index contributed by atoms with van der Waals surface area (Å²) in [6.07, 6.45) is 3.71. The highest BCUT2D eigenvalue weighted by Gasteiger charge is 1.85. The molecule has 62 valence electrons. The second kappa shape index (κ2) is 5.22. The predicted octanol–water partition coefficient (Wildman–Crippen LogP) is 2.80. The van der Waals surface area contributed by atoms with Crippen molar-refractivity contribution in [2.45, 2.75) is 6.92 Å². The van der Waals surface area contributed by atoms with Gasteiger partial charge in [-0.1, -0.05) is 18.2 Å². The second-order valence-corrected chi connectivity index (χ2v) is 2.28. The summed E-state index contributed by atoms with van der Waals surface area (Å²) in [6.45, 7) is 2.51. The first-order chi connectivity index (χ1) is 5.93. The fraction of sp³-hybridized carbons (Fsp3) is 0.182. The van der Waals surface area contributed by atoms with Crippen molar-refractivity contribution in [1.82, 2.24) is 0 Å². The summed E-state index contributed by atoms with van der Waals surface area (Å²) in [6, 6.07) is 9.74. The minimum Gasteiger partial charge on any atom is -0.489 e. The standard InChI is InChI=1S/C11H12O/c1-2-3-7-10-12-11-8-5-4-6-9-11/h2,4-9H,10H2,1H3. The maximum absolute atomic E-state index is 5.37. The van der Waals surface area contributed by atoms with Crippen molar-refractivity contribution < 1.29 is 4.74 Å². The van der Waals surface area contributed by atoms with Gasteiger partial charge in [0.15, 0.2) is 0 Å². The average molecular weight is 160 g/mol. The normalized spacial score (nSPS) is 8.42. The summed E-state index contributed by atoms with van der Waals surface area (Å²) < 4.78 is 5.37. The van der Waals surface area contributed by atoms with E-state index in [2.05, 4.69) is 5.73 Å². The molecule has 0 N–H and O–H groups in total. The third-order valence-electron chi connectivity index (χ3n) is 1.36. The Kier molecular flexibility index (Phi) is 3.76. The third kappa shape index (κ3) is 3.09. The van der Waals surface area contributed by atoms with Crippen LogP contribution in [-0.4, -0.2) is 6.61 Å². The van der Waals surface area contributed by atoms with Crippen molar-refractivity contribution in [3.05, 3.63) is 48.2 Å². The van der Waals surface area contributed by atoms with Gasteiger partial charge in [-0.3, -0.25) is 0 Å². The first-order valence-electron chi connectivity index (χ1n) is 3.97. The molecule has 1 nitrogen and oxygen atoms in total. The first-order valence-corrected chi connectivity index (χ1v) is 3.97. The van der Waals surface area contributed by atoms with E-state index >= 15 is 0 Å². The monoisotopic (exact) mass is 160 g/mol. The van der Waals surface area contributed by atoms with Crippen LogP contribution >= 0.6 is 0 Å². The molecular weight excluding hydrogens is 148 g/mol. The van der Waals surface area contributed by atoms with Crippen LogP contribution in [0.25, 0.3) is 0 Å². The topological polar surface area (TPSA) is 9.23 Å². The molecule has 0 fully saturated rings. The summed E-state index contributed by atoms with van der Waals surface area (Å²) in [4.78, 5) is 0. The molecule has 12 heavy (non-hydrogen) atoms. The van der Waals surface area contributed by atoms with Crippen molar-refractivity contribution in [2.24, 2.45) is 0 Å². The Morgan fingerprint density at radius 2 is 2.08 bits per heavy atom. The zero-order chi connectivity index (χ0) is 8.65. The molecule has 0 spiro atoms. The van der Waals surface area contributed by atoms with Crippen molar-refractivity contribution in [2.75, 3.05) is 6.61 Å². The van der Waals surface area contributed by atoms with Crippen LogP contribution in [0.15, 0.2) is 48.2 Å². The second-order valence-electron chi connectivity index (χ2n) is 2.28. The summed E-state index contributed by atoms with van der Waals surface area (Å²) in [7, 11) is 0. The highest BCUT2D eigenvalue weighted by molar-refractivity contribution is 5.21. The third-order valence-corrected chi connectivity index (χ3v) is 1.36. The van der Waals surface area contributed by atoms with E-state index in [4.69, 9.17) is 4.74 Å². The van der Waals surface area contributed by atoms with Gasteiger partial charge in [0.05, 0.1) is 0 Å². The molecule has 0 aliphatic heterocycles. The Morgan fingerprint density at radius 3 is 2.75 bits per heavy atom. The molecule has 0 amide bonds. The molecule has 0 unspecified atom stereocenters. The van der Waals surface area contributed by atoms with Gasteiger partial charge in [-0.2, -0.15) is 0 Å². The lowest BCUT2D eigenvalue weighted by Gasteiger charge is -1.99. The maximum atomic E-state index is 5.37. The number of hydrogen-bond donors (Lipinski definition) is 0. The molecule has 1 rings (SSSR count). The van der Waals surface area contributed by atoms with E-state index in [0.29, 0.717) is 6.61 Å². The van der Waals surface area contributed by atoms with Gasteiger partial charge in [-0.15, -0.1) is 5.73 Å². The number of para-hydroxylation sites is 1. The maximum Gasteiger partial charge on any atom is 0.119 e. The first kappa shape index (κ1) is 8.63. The molecular formula is C11H12O. The Hall–Kier alpha value is -1.46. The molecule has 0 heterocycles. The summed E-state index contributed by atoms with van der Waals surface area (Å²) in [5.41, 5.74) is 2.94. The van der Waals surface area contributed by atoms with Gasteiger partial charge in [0, 0.05) is 0 Å². The van der Waals surface area contributed by atoms with Crippen LogP contribution in [0.1, 0.15) is 6.92 Å². The molecule has 0 radical (unpaired) electrons. The summed E-state index contributed by atoms with van der Waals surface area (Å²) >= 11 is 0. The van der Waals surface area contributed by atoms with E-state index in [0.717, 1.165) is 5.75 Å². The lowest BCUT2D eigenvalue weighted by Crippen LogP contribution is -1.91. The molecule has 0 saturated carbocycles. The van der Waals surface area contributed by atoms with Crippen LogP contribution < -0.4 is 4.74 Å². The Balaban J connectivity index is 2.39. The molecule has 0 bridgehead atoms. The van der Waals surface area contributed by atoms with Crippen LogP contribution in [-0.2, 0) is 0 Å². The van der Waals surface area contributed by atoms with Crippen molar-refractivity contribution in [3.63, 3.8) is 0 Å². The molecule has 0 atom stereocenters. The molecule has 0 aromatic heterocycles. The van der Waals surface area contributed by atoms with Gasteiger partial charge < -0.3 is 4.74 Å². The average Bonchev–Trinajstić information content (AvgIpc) is 2.14. The van der Waals surface area contributed by atoms with Crippen LogP contribution in [0.3, 0.4) is 0 Å². The smallest absolute Gasteiger partial charge is 0.119 e. The van der Waals surface area contributed by atoms with E-state index in [1.165, 1.54) is 0 Å². The van der Waals surface area contributed by atoms with Gasteiger partial charge in [0.25, 0.3) is 0 Å². The van der Waals surface area contributed by atoms with E-state index in [9.17, 15) is 0 Å². The number of ether oxygens (including phenoxy) is 1. The predicted molar refractivity (Wildman–Crippen MR) is 50.3 cm³/mol. The summed E-state index contributed by atoms with van der Waals surface area (Å²) in [5, 5.41) is 0. The van der Waals surface area contributed by atoms with Crippen molar-refractivity contribution in [3.8, 4) is 5.75 Å². The zero-order valence-corrected chi connectivity index (χ0v) is 7.16. The molecule has 1 aromatic rings. The van der Waals surface area contributed by atoms with Gasteiger partial charge in [-0.05, 0) is 31.2 Å². The van der Waals surface area contributed by atoms with E-state index in [-0.39, 0.29) is 0 Å². The van der Waals surface area contributed by atoms with Gasteiger partial charge in [0.2, 0.25) is 0 Å². The zero-order valence-electron chi connectivity index (χ0n) is 7.16. The number of hydrogen-bond acceptors (Lipinski definition) is 1. The minimum absolute atomic E-state index is 0.578. The Labute approximate surface area is 73.0 Å². The van der Waals surface area contributed by atoms with Crippen LogP contribution in [0, 0.1) is 0 Å². The van der Waals surface area contributed by atoms with Crippen molar-refractivity contribution in [1.29, 1.82) is 0 Å². The highest BCUT2D eigenvalue weighted by Crippen LogP contribution is 2.07. The van der Waals surface area contributed by atoms with Crippen LogP contribution in [0.2, 0.25) is 0 Å². The van der Waals surface area contributed by atoms with E-state index < -0.39 is 0 Å². The fourth-order valence-corrected chi connectivity index (χ4v) is 0.821. The van der Waals surface area contributed by atoms with Crippen LogP contribution in [0.5, 0.6) is 5.75 Å². The van der Waals surface area contributed by atoms with Gasteiger partial charge in [0.1, 0.15) is 12.4 Å².